The van der Waals surface area contributed by atoms with Crippen LogP contribution >= 0.6 is 0 Å². The van der Waals surface area contributed by atoms with Crippen molar-refractivity contribution in [3.8, 4) is 0 Å². The van der Waals surface area contributed by atoms with Gasteiger partial charge in [-0.3, -0.25) is 4.79 Å². The highest BCUT2D eigenvalue weighted by Gasteiger charge is 1.29. The zero-order valence-corrected chi connectivity index (χ0v) is 3.52. The molecule has 0 aliphatic carbocycles. The number of rotatable bonds is 0. The molecule has 6 heavy (non-hydrogen) atoms. The van der Waals surface area contributed by atoms with Gasteiger partial charge in [-0.05, 0) is 6.58 Å². The van der Waals surface area contributed by atoms with Crippen molar-refractivity contribution in [3.63, 3.8) is 0 Å². The second kappa shape index (κ2) is 32.0. The van der Waals surface area contributed by atoms with Crippen molar-refractivity contribution < 1.29 is 9.59 Å². The molecular formula is C4H5O2. The van der Waals surface area contributed by atoms with Crippen LogP contribution in [0.5, 0.6) is 0 Å². The second-order valence-electron chi connectivity index (χ2n) is 0.348. The summed E-state index contributed by atoms with van der Waals surface area (Å²) in [5.74, 6) is 1.25. The largest absolute Gasteiger partial charge is 0.291 e. The van der Waals surface area contributed by atoms with Gasteiger partial charge < -0.3 is 0 Å². The summed E-state index contributed by atoms with van der Waals surface area (Å²) < 4.78 is 0. The monoisotopic (exact) mass is 85.0 g/mol. The molecule has 0 bridgehead atoms. The first-order chi connectivity index (χ1) is 2.83. The van der Waals surface area contributed by atoms with Gasteiger partial charge in [0.2, 0.25) is 0 Å². The van der Waals surface area contributed by atoms with Crippen LogP contribution in [0.25, 0.3) is 0 Å². The van der Waals surface area contributed by atoms with E-state index in [0.29, 0.717) is 0 Å². The van der Waals surface area contributed by atoms with Gasteiger partial charge in [-0.15, -0.1) is 0 Å². The molecule has 0 saturated carbocycles. The quantitative estimate of drug-likeness (QED) is 0.391. The minimum Gasteiger partial charge on any atom is -0.291 e. The van der Waals surface area contributed by atoms with Crippen LogP contribution in [-0.2, 0) is 9.59 Å². The Morgan fingerprint density at radius 2 is 1.50 bits per heavy atom. The van der Waals surface area contributed by atoms with E-state index in [1.807, 2.05) is 0 Å². The topological polar surface area (TPSA) is 34.1 Å². The van der Waals surface area contributed by atoms with Gasteiger partial charge in [0.15, 0.2) is 6.29 Å². The molecule has 0 saturated heterocycles. The first-order valence-electron chi connectivity index (χ1n) is 1.26. The Kier molecular flexibility index (Phi) is 47.6. The molecule has 0 aromatic carbocycles. The Labute approximate surface area is 36.5 Å². The molecular weight excluding hydrogens is 80.0 g/mol. The third-order valence-electron chi connectivity index (χ3n) is 0. The average molecular weight is 85.1 g/mol. The van der Waals surface area contributed by atoms with Crippen molar-refractivity contribution in [2.75, 3.05) is 0 Å². The van der Waals surface area contributed by atoms with E-state index in [4.69, 9.17) is 9.59 Å². The number of hydrogen-bond donors (Lipinski definition) is 0. The van der Waals surface area contributed by atoms with Crippen LogP contribution in [0.4, 0.5) is 0 Å². The molecule has 0 unspecified atom stereocenters. The van der Waals surface area contributed by atoms with Gasteiger partial charge in [-0.2, -0.15) is 0 Å². The molecule has 0 spiro atoms. The average Bonchev–Trinajstić information content (AvgIpc) is 1.39. The molecule has 0 amide bonds. The minimum absolute atomic E-state index is 1.25. The molecule has 0 fully saturated rings. The van der Waals surface area contributed by atoms with Gasteiger partial charge in [-0.25, -0.2) is 4.79 Å². The summed E-state index contributed by atoms with van der Waals surface area (Å²) in [7, 11) is 0. The lowest BCUT2D eigenvalue weighted by Gasteiger charge is -1.19. The SMILES string of the molecule is C=C=O.C[C]=O. The zero-order valence-electron chi connectivity index (χ0n) is 3.52. The lowest BCUT2D eigenvalue weighted by atomic mass is 11.0. The number of carbonyl (C=O) groups excluding carboxylic acids is 2. The highest BCUT2D eigenvalue weighted by molar-refractivity contribution is 5.45. The molecule has 0 aliphatic heterocycles. The van der Waals surface area contributed by atoms with Crippen LogP contribution in [0, 0.1) is 0 Å². The third kappa shape index (κ3) is 18.1. The lowest BCUT2D eigenvalue weighted by molar-refractivity contribution is 0.559. The highest BCUT2D eigenvalue weighted by atomic mass is 16.1. The van der Waals surface area contributed by atoms with E-state index in [1.165, 1.54) is 19.2 Å². The van der Waals surface area contributed by atoms with Crippen molar-refractivity contribution >= 4 is 12.2 Å². The molecule has 0 heterocycles. The van der Waals surface area contributed by atoms with Crippen LogP contribution < -0.4 is 0 Å². The Balaban J connectivity index is 0. The maximum absolute atomic E-state index is 8.68. The first kappa shape index (κ1) is 8.93. The van der Waals surface area contributed by atoms with Gasteiger partial charge in [-0.1, -0.05) is 0 Å². The van der Waals surface area contributed by atoms with Crippen LogP contribution in [0.1, 0.15) is 6.92 Å². The van der Waals surface area contributed by atoms with E-state index < -0.39 is 0 Å². The zero-order chi connectivity index (χ0) is 5.41. The molecule has 0 atom stereocenters. The van der Waals surface area contributed by atoms with E-state index in [0.717, 1.165) is 0 Å². The Bertz CT molecular complexity index is 50.6. The van der Waals surface area contributed by atoms with Gasteiger partial charge >= 0.3 is 0 Å². The van der Waals surface area contributed by atoms with Crippen molar-refractivity contribution in [3.05, 3.63) is 6.58 Å². The fraction of sp³-hybridized carbons (Fsp3) is 0.250. The van der Waals surface area contributed by atoms with Gasteiger partial charge in [0.25, 0.3) is 0 Å². The van der Waals surface area contributed by atoms with Gasteiger partial charge in [0, 0.05) is 6.92 Å². The van der Waals surface area contributed by atoms with E-state index in [1.54, 1.807) is 0 Å². The first-order valence-corrected chi connectivity index (χ1v) is 1.26. The molecule has 0 aliphatic rings. The Morgan fingerprint density at radius 3 is 1.50 bits per heavy atom. The summed E-state index contributed by atoms with van der Waals surface area (Å²) in [6, 6.07) is 0. The Morgan fingerprint density at radius 1 is 1.50 bits per heavy atom. The smallest absolute Gasteiger partial charge is 0.195 e. The summed E-state index contributed by atoms with van der Waals surface area (Å²) in [5, 5.41) is 0. The normalized spacial score (nSPS) is 3.50. The maximum Gasteiger partial charge on any atom is 0.195 e. The lowest BCUT2D eigenvalue weighted by Crippen LogP contribution is -1.35. The van der Waals surface area contributed by atoms with Crippen LogP contribution in [0.2, 0.25) is 0 Å². The molecule has 0 rings (SSSR count). The highest BCUT2D eigenvalue weighted by Crippen LogP contribution is 1.13. The molecule has 0 N–H and O–H groups in total. The molecule has 1 radical (unpaired) electrons. The molecule has 2 heteroatoms. The van der Waals surface area contributed by atoms with E-state index in [9.17, 15) is 0 Å². The summed E-state index contributed by atoms with van der Waals surface area (Å²) >= 11 is 0. The van der Waals surface area contributed by atoms with E-state index in [2.05, 4.69) is 6.58 Å². The standard InChI is InChI=1S/C2H3O.C2H2O/c2*1-2-3/h1H3;1H2. The predicted octanol–water partition coefficient (Wildman–Crippen LogP) is 0.120. The fourth-order valence-corrected chi connectivity index (χ4v) is 0. The Hall–Kier alpha value is -0.880. The van der Waals surface area contributed by atoms with Crippen molar-refractivity contribution in [2.24, 2.45) is 0 Å². The summed E-state index contributed by atoms with van der Waals surface area (Å²) in [5.41, 5.74) is 0. The van der Waals surface area contributed by atoms with Gasteiger partial charge in [0.05, 0.1) is 0 Å². The second-order valence-corrected chi connectivity index (χ2v) is 0.348. The fourth-order valence-electron chi connectivity index (χ4n) is 0. The minimum atomic E-state index is 1.25. The molecule has 0 aromatic rings. The van der Waals surface area contributed by atoms with Crippen molar-refractivity contribution in [1.29, 1.82) is 0 Å². The molecule has 33 valence electrons. The maximum atomic E-state index is 8.68. The predicted molar refractivity (Wildman–Crippen MR) is 22.7 cm³/mol. The van der Waals surface area contributed by atoms with Crippen molar-refractivity contribution in [2.45, 2.75) is 6.92 Å². The summed E-state index contributed by atoms with van der Waals surface area (Å²) in [6.45, 7) is 4.00. The number of hydrogen-bond acceptors (Lipinski definition) is 2. The van der Waals surface area contributed by atoms with Crippen LogP contribution in [0.3, 0.4) is 0 Å². The van der Waals surface area contributed by atoms with E-state index >= 15 is 0 Å². The van der Waals surface area contributed by atoms with Gasteiger partial charge in [0.1, 0.15) is 5.94 Å². The molecule has 0 aromatic heterocycles. The molecule has 2 nitrogen and oxygen atoms in total. The van der Waals surface area contributed by atoms with Crippen LogP contribution in [0.15, 0.2) is 6.58 Å². The van der Waals surface area contributed by atoms with Crippen LogP contribution in [-0.4, -0.2) is 12.2 Å². The summed E-state index contributed by atoms with van der Waals surface area (Å²) in [6.07, 6.45) is 1.50. The van der Waals surface area contributed by atoms with E-state index in [-0.39, 0.29) is 0 Å². The third-order valence-corrected chi connectivity index (χ3v) is 0. The van der Waals surface area contributed by atoms with Crippen molar-refractivity contribution in [1.82, 2.24) is 0 Å². The summed E-state index contributed by atoms with van der Waals surface area (Å²) in [4.78, 5) is 17.2.